The summed E-state index contributed by atoms with van der Waals surface area (Å²) in [6, 6.07) is 29.7. The molecule has 4 rings (SSSR count). The van der Waals surface area contributed by atoms with E-state index in [2.05, 4.69) is 0 Å². The molecule has 0 aliphatic carbocycles. The van der Waals surface area contributed by atoms with E-state index >= 15 is 0 Å². The third-order valence-electron chi connectivity index (χ3n) is 5.81. The molecule has 0 saturated carbocycles. The Labute approximate surface area is 201 Å². The zero-order valence-electron chi connectivity index (χ0n) is 19.4. The highest BCUT2D eigenvalue weighted by molar-refractivity contribution is 5.15. The number of rotatable bonds is 11. The predicted octanol–water partition coefficient (Wildman–Crippen LogP) is 4.11. The third kappa shape index (κ3) is 6.73. The number of methoxy groups -OCH3 is 1. The van der Waals surface area contributed by atoms with Gasteiger partial charge in [0.25, 0.3) is 0 Å². The van der Waals surface area contributed by atoms with Crippen LogP contribution in [0.1, 0.15) is 16.7 Å². The van der Waals surface area contributed by atoms with Crippen molar-refractivity contribution in [3.05, 3.63) is 108 Å². The van der Waals surface area contributed by atoms with E-state index in [4.69, 9.17) is 23.7 Å². The summed E-state index contributed by atoms with van der Waals surface area (Å²) in [7, 11) is 1.51. The molecule has 1 saturated heterocycles. The molecule has 6 nitrogen and oxygen atoms in total. The topological polar surface area (TPSA) is 66.4 Å². The zero-order valence-corrected chi connectivity index (χ0v) is 19.4. The van der Waals surface area contributed by atoms with E-state index in [1.807, 2.05) is 91.0 Å². The lowest BCUT2D eigenvalue weighted by atomic mass is 9.98. The van der Waals surface area contributed by atoms with E-state index in [0.29, 0.717) is 19.8 Å². The number of hydrogen-bond donors (Lipinski definition) is 1. The molecule has 180 valence electrons. The van der Waals surface area contributed by atoms with E-state index in [0.717, 1.165) is 16.7 Å². The van der Waals surface area contributed by atoms with Crippen molar-refractivity contribution in [1.82, 2.24) is 0 Å². The molecule has 34 heavy (non-hydrogen) atoms. The van der Waals surface area contributed by atoms with Gasteiger partial charge in [-0.1, -0.05) is 91.0 Å². The Morgan fingerprint density at radius 3 is 1.65 bits per heavy atom. The number of aliphatic hydroxyl groups excluding tert-OH is 1. The van der Waals surface area contributed by atoms with E-state index in [9.17, 15) is 5.11 Å². The molecule has 1 aliphatic heterocycles. The van der Waals surface area contributed by atoms with Gasteiger partial charge < -0.3 is 28.8 Å². The first-order valence-corrected chi connectivity index (χ1v) is 11.5. The summed E-state index contributed by atoms with van der Waals surface area (Å²) >= 11 is 0. The molecule has 0 bridgehead atoms. The van der Waals surface area contributed by atoms with E-state index in [1.54, 1.807) is 0 Å². The Hall–Kier alpha value is -2.58. The Morgan fingerprint density at radius 2 is 1.15 bits per heavy atom. The molecule has 3 aromatic rings. The first-order chi connectivity index (χ1) is 16.7. The minimum absolute atomic E-state index is 0.270. The van der Waals surface area contributed by atoms with Gasteiger partial charge in [-0.25, -0.2) is 0 Å². The van der Waals surface area contributed by atoms with Gasteiger partial charge in [-0.3, -0.25) is 0 Å². The monoisotopic (exact) mass is 464 g/mol. The van der Waals surface area contributed by atoms with Crippen LogP contribution < -0.4 is 0 Å². The average Bonchev–Trinajstić information content (AvgIpc) is 2.89. The molecule has 0 radical (unpaired) electrons. The van der Waals surface area contributed by atoms with Crippen molar-refractivity contribution < 1.29 is 28.8 Å². The maximum absolute atomic E-state index is 11.0. The van der Waals surface area contributed by atoms with Gasteiger partial charge in [-0.15, -0.1) is 0 Å². The molecule has 3 aromatic carbocycles. The van der Waals surface area contributed by atoms with Gasteiger partial charge in [0, 0.05) is 7.11 Å². The highest BCUT2D eigenvalue weighted by Gasteiger charge is 2.47. The van der Waals surface area contributed by atoms with E-state index in [1.165, 1.54) is 7.11 Å². The molecule has 1 heterocycles. The summed E-state index contributed by atoms with van der Waals surface area (Å²) in [5.74, 6) is 0. The number of hydrogen-bond acceptors (Lipinski definition) is 6. The van der Waals surface area contributed by atoms with Gasteiger partial charge in [0.2, 0.25) is 0 Å². The van der Waals surface area contributed by atoms with Crippen molar-refractivity contribution in [2.45, 2.75) is 50.5 Å². The van der Waals surface area contributed by atoms with Crippen LogP contribution in [0.2, 0.25) is 0 Å². The van der Waals surface area contributed by atoms with Crippen LogP contribution in [0.15, 0.2) is 91.0 Å². The minimum Gasteiger partial charge on any atom is -0.385 e. The lowest BCUT2D eigenvalue weighted by molar-refractivity contribution is -0.313. The van der Waals surface area contributed by atoms with Gasteiger partial charge in [0.05, 0.1) is 26.4 Å². The minimum atomic E-state index is -1.01. The SMILES string of the molecule is CO[C@@H]1OC(COCc2ccccc2)[C@H](OCc2ccccc2)C(OCc2ccccc2)[C@@H]1O. The fourth-order valence-corrected chi connectivity index (χ4v) is 4.02. The van der Waals surface area contributed by atoms with Crippen molar-refractivity contribution in [1.29, 1.82) is 0 Å². The van der Waals surface area contributed by atoms with Gasteiger partial charge in [0.15, 0.2) is 6.29 Å². The molecule has 0 aromatic heterocycles. The van der Waals surface area contributed by atoms with Crippen molar-refractivity contribution in [2.75, 3.05) is 13.7 Å². The molecule has 1 aliphatic rings. The van der Waals surface area contributed by atoms with Crippen LogP contribution in [0.5, 0.6) is 0 Å². The summed E-state index contributed by atoms with van der Waals surface area (Å²) in [6.45, 7) is 1.41. The molecule has 5 atom stereocenters. The normalized spacial score (nSPS) is 24.7. The highest BCUT2D eigenvalue weighted by Crippen LogP contribution is 2.28. The summed E-state index contributed by atoms with van der Waals surface area (Å²) in [5.41, 5.74) is 3.10. The van der Waals surface area contributed by atoms with Gasteiger partial charge in [-0.2, -0.15) is 0 Å². The third-order valence-corrected chi connectivity index (χ3v) is 5.81. The van der Waals surface area contributed by atoms with Crippen molar-refractivity contribution in [3.63, 3.8) is 0 Å². The quantitative estimate of drug-likeness (QED) is 0.461. The lowest BCUT2D eigenvalue weighted by Crippen LogP contribution is -2.60. The fourth-order valence-electron chi connectivity index (χ4n) is 4.02. The number of benzene rings is 3. The highest BCUT2D eigenvalue weighted by atomic mass is 16.7. The first kappa shape index (κ1) is 24.5. The van der Waals surface area contributed by atoms with Crippen LogP contribution in [0.4, 0.5) is 0 Å². The number of aliphatic hydroxyl groups is 1. The second-order valence-corrected chi connectivity index (χ2v) is 8.29. The first-order valence-electron chi connectivity index (χ1n) is 11.5. The van der Waals surface area contributed by atoms with E-state index in [-0.39, 0.29) is 6.61 Å². The van der Waals surface area contributed by atoms with Crippen molar-refractivity contribution >= 4 is 0 Å². The van der Waals surface area contributed by atoms with Crippen molar-refractivity contribution in [2.24, 2.45) is 0 Å². The maximum atomic E-state index is 11.0. The predicted molar refractivity (Wildman–Crippen MR) is 128 cm³/mol. The Morgan fingerprint density at radius 1 is 0.676 bits per heavy atom. The molecular weight excluding hydrogens is 432 g/mol. The van der Waals surface area contributed by atoms with Crippen LogP contribution in [0.25, 0.3) is 0 Å². The Bertz CT molecular complexity index is 952. The summed E-state index contributed by atoms with van der Waals surface area (Å²) in [6.07, 6.45) is -3.56. The molecule has 2 unspecified atom stereocenters. The van der Waals surface area contributed by atoms with Gasteiger partial charge >= 0.3 is 0 Å². The molecule has 1 N–H and O–H groups in total. The van der Waals surface area contributed by atoms with Gasteiger partial charge in [-0.05, 0) is 16.7 Å². The molecule has 6 heteroatoms. The Balaban J connectivity index is 1.48. The molecule has 0 spiro atoms. The summed E-state index contributed by atoms with van der Waals surface area (Å²) in [5, 5.41) is 11.0. The second-order valence-electron chi connectivity index (χ2n) is 8.29. The standard InChI is InChI=1S/C28H32O6/c1-30-28-25(29)27(33-19-23-15-9-4-10-16-23)26(32-18-22-13-7-3-8-14-22)24(34-28)20-31-17-21-11-5-2-6-12-21/h2-16,24-29H,17-20H2,1H3/t24?,25-,26-,27?,28+/m0/s1. The molecule has 0 amide bonds. The van der Waals surface area contributed by atoms with Gasteiger partial charge in [0.1, 0.15) is 24.4 Å². The molecule has 1 fully saturated rings. The van der Waals surface area contributed by atoms with Crippen molar-refractivity contribution in [3.8, 4) is 0 Å². The van der Waals surface area contributed by atoms with Crippen LogP contribution in [-0.4, -0.2) is 49.5 Å². The average molecular weight is 465 g/mol. The fraction of sp³-hybridized carbons (Fsp3) is 0.357. The lowest BCUT2D eigenvalue weighted by Gasteiger charge is -2.43. The maximum Gasteiger partial charge on any atom is 0.186 e. The second kappa shape index (κ2) is 12.8. The zero-order chi connectivity index (χ0) is 23.6. The molecular formula is C28H32O6. The van der Waals surface area contributed by atoms with Crippen LogP contribution in [0, 0.1) is 0 Å². The largest absolute Gasteiger partial charge is 0.385 e. The smallest absolute Gasteiger partial charge is 0.186 e. The number of ether oxygens (including phenoxy) is 5. The van der Waals surface area contributed by atoms with Crippen LogP contribution in [0.3, 0.4) is 0 Å². The van der Waals surface area contributed by atoms with Crippen LogP contribution in [-0.2, 0) is 43.5 Å². The van der Waals surface area contributed by atoms with Crippen LogP contribution >= 0.6 is 0 Å². The summed E-state index contributed by atoms with van der Waals surface area (Å²) < 4.78 is 30.0. The van der Waals surface area contributed by atoms with E-state index < -0.39 is 30.7 Å². The Kier molecular flexibility index (Phi) is 9.21. The summed E-state index contributed by atoms with van der Waals surface area (Å²) in [4.78, 5) is 0.